The van der Waals surface area contributed by atoms with Crippen molar-refractivity contribution < 1.29 is 4.79 Å². The summed E-state index contributed by atoms with van der Waals surface area (Å²) in [6.07, 6.45) is 1.57. The molecule has 3 rings (SSSR count). The summed E-state index contributed by atoms with van der Waals surface area (Å²) >= 11 is 0. The smallest absolute Gasteiger partial charge is 0.221 e. The Hall–Kier alpha value is -2.49. The van der Waals surface area contributed by atoms with E-state index in [9.17, 15) is 4.79 Å². The number of hydrogen-bond donors (Lipinski definition) is 2. The Kier molecular flexibility index (Phi) is 5.82. The maximum Gasteiger partial charge on any atom is 0.221 e. The largest absolute Gasteiger partial charge is 0.385 e. The summed E-state index contributed by atoms with van der Waals surface area (Å²) in [5, 5.41) is 6.42. The second-order valence-electron chi connectivity index (χ2n) is 7.28. The SMILES string of the molecule is Cc1cc(C)cc(NCCC(=O)NCC(C)N2CCc3ccccc32)c1. The number of anilines is 2. The molecule has 0 saturated carbocycles. The van der Waals surface area contributed by atoms with Crippen molar-refractivity contribution in [2.75, 3.05) is 29.9 Å². The lowest BCUT2D eigenvalue weighted by atomic mass is 10.1. The molecular weight excluding hydrogens is 322 g/mol. The summed E-state index contributed by atoms with van der Waals surface area (Å²) in [4.78, 5) is 14.6. The first-order chi connectivity index (χ1) is 12.5. The Morgan fingerprint density at radius 2 is 1.88 bits per heavy atom. The zero-order chi connectivity index (χ0) is 18.5. The lowest BCUT2D eigenvalue weighted by Crippen LogP contribution is -2.41. The number of carbonyl (C=O) groups excluding carboxylic acids is 1. The summed E-state index contributed by atoms with van der Waals surface area (Å²) < 4.78 is 0. The molecule has 1 heterocycles. The zero-order valence-electron chi connectivity index (χ0n) is 16.0. The quantitative estimate of drug-likeness (QED) is 0.800. The molecule has 4 nitrogen and oxygen atoms in total. The monoisotopic (exact) mass is 351 g/mol. The molecule has 1 aliphatic heterocycles. The standard InChI is InChI=1S/C22H29N3O/c1-16-12-17(2)14-20(13-16)23-10-8-22(26)24-15-18(3)25-11-9-19-6-4-5-7-21(19)25/h4-7,12-14,18,23H,8-11,15H2,1-3H3,(H,24,26). The van der Waals surface area contributed by atoms with Gasteiger partial charge in [0.15, 0.2) is 0 Å². The van der Waals surface area contributed by atoms with E-state index < -0.39 is 0 Å². The second-order valence-corrected chi connectivity index (χ2v) is 7.28. The number of aryl methyl sites for hydroxylation is 2. The summed E-state index contributed by atoms with van der Waals surface area (Å²) in [5.74, 6) is 0.0983. The Bertz CT molecular complexity index is 751. The first-order valence-electron chi connectivity index (χ1n) is 9.46. The second kappa shape index (κ2) is 8.26. The minimum absolute atomic E-state index is 0.0983. The van der Waals surface area contributed by atoms with Crippen LogP contribution < -0.4 is 15.5 Å². The fourth-order valence-corrected chi connectivity index (χ4v) is 3.68. The number of benzene rings is 2. The highest BCUT2D eigenvalue weighted by Crippen LogP contribution is 2.28. The Balaban J connectivity index is 1.41. The van der Waals surface area contributed by atoms with Crippen molar-refractivity contribution >= 4 is 17.3 Å². The first kappa shape index (κ1) is 18.3. The van der Waals surface area contributed by atoms with Crippen LogP contribution in [0.2, 0.25) is 0 Å². The van der Waals surface area contributed by atoms with Gasteiger partial charge >= 0.3 is 0 Å². The third kappa shape index (κ3) is 4.57. The maximum atomic E-state index is 12.2. The molecule has 26 heavy (non-hydrogen) atoms. The number of rotatable bonds is 7. The van der Waals surface area contributed by atoms with Crippen LogP contribution in [0.4, 0.5) is 11.4 Å². The van der Waals surface area contributed by atoms with E-state index in [2.05, 4.69) is 78.8 Å². The molecule has 1 amide bonds. The molecule has 1 unspecified atom stereocenters. The maximum absolute atomic E-state index is 12.2. The van der Waals surface area contributed by atoms with Gasteiger partial charge in [0.25, 0.3) is 0 Å². The normalized spacial score (nSPS) is 14.0. The molecule has 0 radical (unpaired) electrons. The van der Waals surface area contributed by atoms with Gasteiger partial charge in [0, 0.05) is 43.5 Å². The number of nitrogens with zero attached hydrogens (tertiary/aromatic N) is 1. The highest BCUT2D eigenvalue weighted by Gasteiger charge is 2.22. The molecule has 1 atom stereocenters. The van der Waals surface area contributed by atoms with E-state index in [1.807, 2.05) is 0 Å². The average Bonchev–Trinajstić information content (AvgIpc) is 3.03. The number of hydrogen-bond acceptors (Lipinski definition) is 3. The molecule has 0 fully saturated rings. The van der Waals surface area contributed by atoms with Gasteiger partial charge in [0.2, 0.25) is 5.91 Å². The van der Waals surface area contributed by atoms with Crippen LogP contribution in [0.1, 0.15) is 30.0 Å². The number of fused-ring (bicyclic) bond motifs is 1. The number of carbonyl (C=O) groups is 1. The molecule has 0 bridgehead atoms. The molecule has 4 heteroatoms. The van der Waals surface area contributed by atoms with Crippen molar-refractivity contribution in [3.05, 3.63) is 59.2 Å². The van der Waals surface area contributed by atoms with Crippen LogP contribution in [0.25, 0.3) is 0 Å². The van der Waals surface area contributed by atoms with Gasteiger partial charge in [-0.05, 0) is 62.1 Å². The van der Waals surface area contributed by atoms with Crippen LogP contribution in [0.5, 0.6) is 0 Å². The van der Waals surface area contributed by atoms with Crippen LogP contribution in [-0.2, 0) is 11.2 Å². The fourth-order valence-electron chi connectivity index (χ4n) is 3.68. The van der Waals surface area contributed by atoms with E-state index >= 15 is 0 Å². The number of para-hydroxylation sites is 1. The fraction of sp³-hybridized carbons (Fsp3) is 0.409. The van der Waals surface area contributed by atoms with Crippen LogP contribution in [-0.4, -0.2) is 31.6 Å². The van der Waals surface area contributed by atoms with Crippen molar-refractivity contribution in [2.24, 2.45) is 0 Å². The molecule has 2 aromatic rings. The van der Waals surface area contributed by atoms with E-state index in [1.165, 1.54) is 22.4 Å². The average molecular weight is 351 g/mol. The Labute approximate surface area is 156 Å². The predicted octanol–water partition coefficient (Wildman–Crippen LogP) is 3.67. The highest BCUT2D eigenvalue weighted by molar-refractivity contribution is 5.76. The Morgan fingerprint density at radius 1 is 1.15 bits per heavy atom. The summed E-state index contributed by atoms with van der Waals surface area (Å²) in [6.45, 7) is 8.71. The molecule has 1 aliphatic rings. The van der Waals surface area contributed by atoms with Crippen LogP contribution in [0.15, 0.2) is 42.5 Å². The van der Waals surface area contributed by atoms with Gasteiger partial charge in [-0.1, -0.05) is 24.3 Å². The zero-order valence-corrected chi connectivity index (χ0v) is 16.0. The van der Waals surface area contributed by atoms with Crippen molar-refractivity contribution in [1.82, 2.24) is 5.32 Å². The molecular formula is C22H29N3O. The number of nitrogens with one attached hydrogen (secondary N) is 2. The highest BCUT2D eigenvalue weighted by atomic mass is 16.1. The molecule has 2 aromatic carbocycles. The van der Waals surface area contributed by atoms with Crippen LogP contribution in [0.3, 0.4) is 0 Å². The molecule has 0 aliphatic carbocycles. The summed E-state index contributed by atoms with van der Waals surface area (Å²) in [5.41, 5.74) is 6.26. The summed E-state index contributed by atoms with van der Waals surface area (Å²) in [7, 11) is 0. The van der Waals surface area contributed by atoms with Crippen molar-refractivity contribution in [3.8, 4) is 0 Å². The van der Waals surface area contributed by atoms with Gasteiger partial charge in [-0.2, -0.15) is 0 Å². The minimum atomic E-state index is 0.0983. The first-order valence-corrected chi connectivity index (χ1v) is 9.46. The summed E-state index contributed by atoms with van der Waals surface area (Å²) in [6, 6.07) is 15.2. The Morgan fingerprint density at radius 3 is 2.65 bits per heavy atom. The van der Waals surface area contributed by atoms with E-state index in [-0.39, 0.29) is 5.91 Å². The van der Waals surface area contributed by atoms with E-state index in [4.69, 9.17) is 0 Å². The van der Waals surface area contributed by atoms with Gasteiger partial charge < -0.3 is 15.5 Å². The van der Waals surface area contributed by atoms with Gasteiger partial charge in [0.05, 0.1) is 0 Å². The van der Waals surface area contributed by atoms with Crippen molar-refractivity contribution in [1.29, 1.82) is 0 Å². The van der Waals surface area contributed by atoms with Crippen LogP contribution >= 0.6 is 0 Å². The topological polar surface area (TPSA) is 44.4 Å². The molecule has 0 aromatic heterocycles. The third-order valence-corrected chi connectivity index (χ3v) is 4.95. The van der Waals surface area contributed by atoms with Crippen molar-refractivity contribution in [3.63, 3.8) is 0 Å². The number of amides is 1. The van der Waals surface area contributed by atoms with Gasteiger partial charge in [-0.3, -0.25) is 4.79 Å². The lowest BCUT2D eigenvalue weighted by molar-refractivity contribution is -0.120. The van der Waals surface area contributed by atoms with Crippen molar-refractivity contribution in [2.45, 2.75) is 39.7 Å². The van der Waals surface area contributed by atoms with Gasteiger partial charge in [-0.15, -0.1) is 0 Å². The molecule has 2 N–H and O–H groups in total. The molecule has 138 valence electrons. The van der Waals surface area contributed by atoms with E-state index in [0.717, 1.165) is 18.7 Å². The van der Waals surface area contributed by atoms with E-state index in [1.54, 1.807) is 0 Å². The van der Waals surface area contributed by atoms with Gasteiger partial charge in [0.1, 0.15) is 0 Å². The molecule has 0 spiro atoms. The van der Waals surface area contributed by atoms with Crippen LogP contribution in [0, 0.1) is 13.8 Å². The van der Waals surface area contributed by atoms with E-state index in [0.29, 0.717) is 25.6 Å². The predicted molar refractivity (Wildman–Crippen MR) is 109 cm³/mol. The third-order valence-electron chi connectivity index (χ3n) is 4.95. The van der Waals surface area contributed by atoms with Gasteiger partial charge in [-0.25, -0.2) is 0 Å². The minimum Gasteiger partial charge on any atom is -0.385 e. The molecule has 0 saturated heterocycles. The lowest BCUT2D eigenvalue weighted by Gasteiger charge is -2.27.